The van der Waals surface area contributed by atoms with Crippen LogP contribution >= 0.6 is 0 Å². The van der Waals surface area contributed by atoms with Gasteiger partial charge in [-0.15, -0.1) is 10.2 Å². The number of para-hydroxylation sites is 1. The second-order valence-electron chi connectivity index (χ2n) is 6.44. The minimum atomic E-state index is -0.703. The molecule has 2 aromatic carbocycles. The maximum Gasteiger partial charge on any atom is 0.283 e. The highest BCUT2D eigenvalue weighted by Gasteiger charge is 2.18. The Morgan fingerprint density at radius 1 is 1.18 bits per heavy atom. The highest BCUT2D eigenvalue weighted by Crippen LogP contribution is 2.40. The normalized spacial score (nSPS) is 11.4. The Morgan fingerprint density at radius 3 is 2.64 bits per heavy atom. The third kappa shape index (κ3) is 3.90. The lowest BCUT2D eigenvalue weighted by Gasteiger charge is -2.10. The monoisotopic (exact) mass is 382 g/mol. The molecular weight excluding hydrogens is 363 g/mol. The topological polar surface area (TPSA) is 96.0 Å². The van der Waals surface area contributed by atoms with Crippen LogP contribution in [0.5, 0.6) is 5.88 Å². The van der Waals surface area contributed by atoms with Crippen LogP contribution in [0.1, 0.15) is 30.2 Å². The number of halogens is 1. The lowest BCUT2D eigenvalue weighted by atomic mass is 10.2. The lowest BCUT2D eigenvalue weighted by molar-refractivity contribution is -0.117. The van der Waals surface area contributed by atoms with E-state index in [0.29, 0.717) is 5.39 Å². The van der Waals surface area contributed by atoms with Crippen LogP contribution in [0.25, 0.3) is 10.9 Å². The highest BCUT2D eigenvalue weighted by molar-refractivity contribution is 5.97. The van der Waals surface area contributed by atoms with E-state index in [0.717, 1.165) is 11.6 Å². The fourth-order valence-corrected chi connectivity index (χ4v) is 2.88. The van der Waals surface area contributed by atoms with Crippen molar-refractivity contribution in [3.63, 3.8) is 0 Å². The molecule has 3 rings (SSSR count). The van der Waals surface area contributed by atoms with Crippen LogP contribution in [0.3, 0.4) is 0 Å². The average molecular weight is 382 g/mol. The molecule has 0 aliphatic carbocycles. The van der Waals surface area contributed by atoms with Gasteiger partial charge in [-0.2, -0.15) is 0 Å². The van der Waals surface area contributed by atoms with E-state index in [-0.39, 0.29) is 23.2 Å². The highest BCUT2D eigenvalue weighted by atomic mass is 19.1. The molecule has 144 valence electrons. The van der Waals surface area contributed by atoms with Crippen LogP contribution in [0.2, 0.25) is 0 Å². The van der Waals surface area contributed by atoms with Gasteiger partial charge in [0.25, 0.3) is 11.8 Å². The summed E-state index contributed by atoms with van der Waals surface area (Å²) in [5, 5.41) is 21.0. The minimum Gasteiger partial charge on any atom is -0.493 e. The molecule has 0 atom stereocenters. The predicted octanol–water partition coefficient (Wildman–Crippen LogP) is 4.11. The fourth-order valence-electron chi connectivity index (χ4n) is 2.88. The van der Waals surface area contributed by atoms with Gasteiger partial charge in [0.15, 0.2) is 5.69 Å². The molecule has 2 amide bonds. The first-order chi connectivity index (χ1) is 13.4. The Bertz CT molecular complexity index is 1070. The molecule has 0 aliphatic heterocycles. The number of nitrogens with one attached hydrogen (secondary N) is 1. The van der Waals surface area contributed by atoms with E-state index >= 15 is 0 Å². The molecule has 8 heteroatoms. The van der Waals surface area contributed by atoms with Gasteiger partial charge in [-0.3, -0.25) is 9.59 Å². The van der Waals surface area contributed by atoms with Crippen molar-refractivity contribution in [2.24, 2.45) is 10.2 Å². The number of aromatic hydroxyl groups is 1. The van der Waals surface area contributed by atoms with Crippen molar-refractivity contribution in [3.8, 4) is 5.88 Å². The van der Waals surface area contributed by atoms with E-state index in [1.165, 1.54) is 18.2 Å². The maximum absolute atomic E-state index is 13.2. The standard InChI is InChI=1S/C20H19FN4O3/c1-12(2)25-16-9-4-3-8-15(16)18(20(25)28)24-23-17(26)11-22-19(27)13-6-5-7-14(21)10-13/h3-10,12,28H,11H2,1-2H3,(H,22,27). The van der Waals surface area contributed by atoms with Crippen molar-refractivity contribution in [2.75, 3.05) is 6.54 Å². The van der Waals surface area contributed by atoms with Crippen LogP contribution in [-0.2, 0) is 4.79 Å². The number of hydrogen-bond acceptors (Lipinski definition) is 4. The molecule has 0 fully saturated rings. The molecule has 0 spiro atoms. The zero-order valence-electron chi connectivity index (χ0n) is 15.4. The molecule has 1 aromatic heterocycles. The zero-order chi connectivity index (χ0) is 20.3. The number of hydrogen-bond donors (Lipinski definition) is 2. The van der Waals surface area contributed by atoms with Gasteiger partial charge in [-0.05, 0) is 38.1 Å². The smallest absolute Gasteiger partial charge is 0.283 e. The summed E-state index contributed by atoms with van der Waals surface area (Å²) in [7, 11) is 0. The number of azo groups is 1. The number of aromatic nitrogens is 1. The molecular formula is C20H19FN4O3. The summed E-state index contributed by atoms with van der Waals surface area (Å²) in [6.45, 7) is 3.43. The SMILES string of the molecule is CC(C)n1c(O)c(N=NC(=O)CNC(=O)c2cccc(F)c2)c2ccccc21. The van der Waals surface area contributed by atoms with Gasteiger partial charge in [0.1, 0.15) is 12.4 Å². The Morgan fingerprint density at radius 2 is 1.93 bits per heavy atom. The van der Waals surface area contributed by atoms with Gasteiger partial charge >= 0.3 is 0 Å². The van der Waals surface area contributed by atoms with Crippen molar-refractivity contribution in [1.29, 1.82) is 0 Å². The fraction of sp³-hybridized carbons (Fsp3) is 0.200. The van der Waals surface area contributed by atoms with Crippen molar-refractivity contribution >= 4 is 28.4 Å². The van der Waals surface area contributed by atoms with E-state index in [9.17, 15) is 19.1 Å². The largest absolute Gasteiger partial charge is 0.493 e. The molecule has 7 nitrogen and oxygen atoms in total. The Hall–Kier alpha value is -3.55. The molecule has 3 aromatic rings. The molecule has 28 heavy (non-hydrogen) atoms. The van der Waals surface area contributed by atoms with Gasteiger partial charge in [0, 0.05) is 17.0 Å². The van der Waals surface area contributed by atoms with Crippen molar-refractivity contribution in [2.45, 2.75) is 19.9 Å². The van der Waals surface area contributed by atoms with Gasteiger partial charge in [0.05, 0.1) is 5.52 Å². The van der Waals surface area contributed by atoms with E-state index < -0.39 is 24.2 Å². The van der Waals surface area contributed by atoms with Crippen LogP contribution in [0, 0.1) is 5.82 Å². The zero-order valence-corrected chi connectivity index (χ0v) is 15.4. The summed E-state index contributed by atoms with van der Waals surface area (Å²) < 4.78 is 14.8. The minimum absolute atomic E-state index is 0.0184. The number of rotatable bonds is 5. The molecule has 0 bridgehead atoms. The molecule has 0 saturated carbocycles. The second kappa shape index (κ2) is 7.99. The summed E-state index contributed by atoms with van der Waals surface area (Å²) in [6, 6.07) is 12.4. The number of carbonyl (C=O) groups is 2. The Balaban J connectivity index is 1.74. The second-order valence-corrected chi connectivity index (χ2v) is 6.44. The van der Waals surface area contributed by atoms with Crippen LogP contribution in [0.4, 0.5) is 10.1 Å². The van der Waals surface area contributed by atoms with E-state index in [4.69, 9.17) is 0 Å². The maximum atomic E-state index is 13.2. The number of nitrogens with zero attached hydrogens (tertiary/aromatic N) is 3. The predicted molar refractivity (Wildman–Crippen MR) is 102 cm³/mol. The summed E-state index contributed by atoms with van der Waals surface area (Å²) in [4.78, 5) is 23.9. The molecule has 0 unspecified atom stereocenters. The first-order valence-corrected chi connectivity index (χ1v) is 8.68. The third-order valence-electron chi connectivity index (χ3n) is 4.12. The number of fused-ring (bicyclic) bond motifs is 1. The van der Waals surface area contributed by atoms with Crippen LogP contribution < -0.4 is 5.32 Å². The molecule has 0 aliphatic rings. The summed E-state index contributed by atoms with van der Waals surface area (Å²) in [5.41, 5.74) is 1.06. The van der Waals surface area contributed by atoms with E-state index in [2.05, 4.69) is 15.5 Å². The third-order valence-corrected chi connectivity index (χ3v) is 4.12. The number of carbonyl (C=O) groups excluding carboxylic acids is 2. The van der Waals surface area contributed by atoms with Gasteiger partial charge in [-0.1, -0.05) is 24.3 Å². The molecule has 2 N–H and O–H groups in total. The first kappa shape index (κ1) is 19.2. The Labute approximate surface area is 160 Å². The molecule has 1 heterocycles. The van der Waals surface area contributed by atoms with Crippen molar-refractivity contribution in [1.82, 2.24) is 9.88 Å². The molecule has 0 radical (unpaired) electrons. The van der Waals surface area contributed by atoms with Gasteiger partial charge in [0.2, 0.25) is 5.88 Å². The van der Waals surface area contributed by atoms with Crippen molar-refractivity contribution in [3.05, 3.63) is 59.9 Å². The quantitative estimate of drug-likeness (QED) is 0.650. The lowest BCUT2D eigenvalue weighted by Crippen LogP contribution is -2.28. The van der Waals surface area contributed by atoms with E-state index in [1.54, 1.807) is 16.7 Å². The summed E-state index contributed by atoms with van der Waals surface area (Å²) >= 11 is 0. The van der Waals surface area contributed by atoms with Gasteiger partial charge in [-0.25, -0.2) is 4.39 Å². The van der Waals surface area contributed by atoms with Crippen molar-refractivity contribution < 1.29 is 19.1 Å². The summed E-state index contributed by atoms with van der Waals surface area (Å²) in [5.74, 6) is -1.93. The molecule has 0 saturated heterocycles. The number of amides is 2. The first-order valence-electron chi connectivity index (χ1n) is 8.68. The number of benzene rings is 2. The van der Waals surface area contributed by atoms with Crippen LogP contribution in [-0.4, -0.2) is 28.0 Å². The van der Waals surface area contributed by atoms with E-state index in [1.807, 2.05) is 26.0 Å². The summed E-state index contributed by atoms with van der Waals surface area (Å²) in [6.07, 6.45) is 0. The average Bonchev–Trinajstić information content (AvgIpc) is 2.95. The van der Waals surface area contributed by atoms with Gasteiger partial charge < -0.3 is 15.0 Å². The Kier molecular flexibility index (Phi) is 5.49. The van der Waals surface area contributed by atoms with Crippen LogP contribution in [0.15, 0.2) is 58.8 Å².